The first-order chi connectivity index (χ1) is 9.78. The highest BCUT2D eigenvalue weighted by Crippen LogP contribution is 2.29. The Morgan fingerprint density at radius 1 is 1.25 bits per heavy atom. The molecule has 0 saturated carbocycles. The van der Waals surface area contributed by atoms with Gasteiger partial charge in [0.15, 0.2) is 0 Å². The topological polar surface area (TPSA) is 37.8 Å². The lowest BCUT2D eigenvalue weighted by molar-refractivity contribution is 0.731. The van der Waals surface area contributed by atoms with Crippen LogP contribution in [0.5, 0.6) is 0 Å². The van der Waals surface area contributed by atoms with Gasteiger partial charge in [0.2, 0.25) is 0 Å². The van der Waals surface area contributed by atoms with Crippen molar-refractivity contribution in [3.05, 3.63) is 47.1 Å². The molecule has 102 valence electrons. The first kappa shape index (κ1) is 13.2. The third kappa shape index (κ3) is 2.57. The van der Waals surface area contributed by atoms with Gasteiger partial charge in [-0.2, -0.15) is 0 Å². The molecule has 3 rings (SSSR count). The van der Waals surface area contributed by atoms with E-state index in [1.54, 1.807) is 11.3 Å². The zero-order chi connectivity index (χ0) is 13.9. The molecule has 0 amide bonds. The number of aryl methyl sites for hydroxylation is 1. The maximum Gasteiger partial charge on any atom is 0.123 e. The van der Waals surface area contributed by atoms with Crippen molar-refractivity contribution in [2.45, 2.75) is 20.4 Å². The normalized spacial score (nSPS) is 11.1. The van der Waals surface area contributed by atoms with Gasteiger partial charge in [0.05, 0.1) is 11.2 Å². The van der Waals surface area contributed by atoms with Crippen LogP contribution in [0, 0.1) is 6.92 Å². The Hall–Kier alpha value is -1.78. The minimum absolute atomic E-state index is 0.898. The number of nitrogens with one attached hydrogen (secondary N) is 1. The van der Waals surface area contributed by atoms with E-state index in [4.69, 9.17) is 4.98 Å². The quantitative estimate of drug-likeness (QED) is 0.792. The summed E-state index contributed by atoms with van der Waals surface area (Å²) in [6.45, 7) is 6.08. The smallest absolute Gasteiger partial charge is 0.123 e. The molecule has 0 unspecified atom stereocenters. The summed E-state index contributed by atoms with van der Waals surface area (Å²) in [6, 6.07) is 10.4. The van der Waals surface area contributed by atoms with Gasteiger partial charge in [-0.1, -0.05) is 13.0 Å². The number of fused-ring (bicyclic) bond motifs is 1. The number of hydrogen-bond acceptors (Lipinski definition) is 4. The van der Waals surface area contributed by atoms with Gasteiger partial charge in [0, 0.05) is 28.6 Å². The molecule has 4 heteroatoms. The van der Waals surface area contributed by atoms with Gasteiger partial charge in [-0.05, 0) is 37.7 Å². The third-order valence-corrected chi connectivity index (χ3v) is 4.48. The zero-order valence-electron chi connectivity index (χ0n) is 11.7. The predicted octanol–water partition coefficient (Wildman–Crippen LogP) is 3.78. The Balaban J connectivity index is 1.98. The van der Waals surface area contributed by atoms with E-state index in [2.05, 4.69) is 48.4 Å². The maximum absolute atomic E-state index is 4.70. The van der Waals surface area contributed by atoms with Crippen molar-refractivity contribution in [1.82, 2.24) is 15.3 Å². The molecular formula is C16H17N3S. The zero-order valence-corrected chi connectivity index (χ0v) is 12.5. The molecule has 0 saturated heterocycles. The van der Waals surface area contributed by atoms with E-state index < -0.39 is 0 Å². The Morgan fingerprint density at radius 2 is 2.15 bits per heavy atom. The fourth-order valence-corrected chi connectivity index (χ4v) is 3.19. The SMILES string of the molecule is CCNCc1sc(-c2ccc3ncccc3c2)nc1C. The number of aromatic nitrogens is 2. The Bertz CT molecular complexity index is 733. The van der Waals surface area contributed by atoms with Gasteiger partial charge < -0.3 is 5.32 Å². The molecule has 0 radical (unpaired) electrons. The molecule has 1 aromatic carbocycles. The van der Waals surface area contributed by atoms with Crippen molar-refractivity contribution in [3.63, 3.8) is 0 Å². The second-order valence-electron chi connectivity index (χ2n) is 4.72. The van der Waals surface area contributed by atoms with E-state index >= 15 is 0 Å². The van der Waals surface area contributed by atoms with Crippen LogP contribution in [-0.2, 0) is 6.54 Å². The lowest BCUT2D eigenvalue weighted by atomic mass is 10.1. The van der Waals surface area contributed by atoms with Gasteiger partial charge in [-0.25, -0.2) is 4.98 Å². The van der Waals surface area contributed by atoms with Crippen molar-refractivity contribution in [1.29, 1.82) is 0 Å². The van der Waals surface area contributed by atoms with E-state index in [-0.39, 0.29) is 0 Å². The number of pyridine rings is 1. The summed E-state index contributed by atoms with van der Waals surface area (Å²) in [4.78, 5) is 10.4. The summed E-state index contributed by atoms with van der Waals surface area (Å²) in [5.74, 6) is 0. The highest BCUT2D eigenvalue weighted by Gasteiger charge is 2.09. The molecule has 0 aliphatic heterocycles. The van der Waals surface area contributed by atoms with E-state index in [9.17, 15) is 0 Å². The number of thiazole rings is 1. The summed E-state index contributed by atoms with van der Waals surface area (Å²) < 4.78 is 0. The summed E-state index contributed by atoms with van der Waals surface area (Å²) in [5.41, 5.74) is 3.32. The van der Waals surface area contributed by atoms with Crippen LogP contribution >= 0.6 is 11.3 Å². The van der Waals surface area contributed by atoms with E-state index in [0.717, 1.165) is 34.7 Å². The van der Waals surface area contributed by atoms with Crippen molar-refractivity contribution in [2.75, 3.05) is 6.54 Å². The van der Waals surface area contributed by atoms with E-state index in [0.29, 0.717) is 0 Å². The lowest BCUT2D eigenvalue weighted by Crippen LogP contribution is -2.11. The molecule has 2 aromatic heterocycles. The minimum atomic E-state index is 0.898. The number of hydrogen-bond donors (Lipinski definition) is 1. The third-order valence-electron chi connectivity index (χ3n) is 3.28. The minimum Gasteiger partial charge on any atom is -0.312 e. The average molecular weight is 283 g/mol. The number of rotatable bonds is 4. The fourth-order valence-electron chi connectivity index (χ4n) is 2.16. The number of benzene rings is 1. The second kappa shape index (κ2) is 5.69. The predicted molar refractivity (Wildman–Crippen MR) is 85.0 cm³/mol. The van der Waals surface area contributed by atoms with Crippen LogP contribution in [0.1, 0.15) is 17.5 Å². The monoisotopic (exact) mass is 283 g/mol. The molecule has 3 nitrogen and oxygen atoms in total. The van der Waals surface area contributed by atoms with Gasteiger partial charge in [0.1, 0.15) is 5.01 Å². The Labute approximate surface area is 122 Å². The van der Waals surface area contributed by atoms with Crippen LogP contribution in [0.25, 0.3) is 21.5 Å². The summed E-state index contributed by atoms with van der Waals surface area (Å²) in [7, 11) is 0. The first-order valence-corrected chi connectivity index (χ1v) is 7.61. The fraction of sp³-hybridized carbons (Fsp3) is 0.250. The second-order valence-corrected chi connectivity index (χ2v) is 5.80. The standard InChI is InChI=1S/C16H17N3S/c1-3-17-10-15-11(2)19-16(20-15)13-6-7-14-12(9-13)5-4-8-18-14/h4-9,17H,3,10H2,1-2H3. The number of nitrogens with zero attached hydrogens (tertiary/aromatic N) is 2. The molecule has 0 fully saturated rings. The molecule has 2 heterocycles. The van der Waals surface area contributed by atoms with Crippen molar-refractivity contribution < 1.29 is 0 Å². The molecule has 0 aliphatic rings. The molecule has 3 aromatic rings. The molecule has 0 atom stereocenters. The molecule has 1 N–H and O–H groups in total. The van der Waals surface area contributed by atoms with E-state index in [1.165, 1.54) is 10.4 Å². The lowest BCUT2D eigenvalue weighted by Gasteiger charge is -2.00. The summed E-state index contributed by atoms with van der Waals surface area (Å²) in [6.07, 6.45) is 1.82. The maximum atomic E-state index is 4.70. The average Bonchev–Trinajstić information content (AvgIpc) is 2.86. The van der Waals surface area contributed by atoms with Gasteiger partial charge in [-0.3, -0.25) is 4.98 Å². The molecular weight excluding hydrogens is 266 g/mol. The van der Waals surface area contributed by atoms with Crippen LogP contribution in [-0.4, -0.2) is 16.5 Å². The summed E-state index contributed by atoms with van der Waals surface area (Å²) in [5, 5.41) is 5.60. The highest BCUT2D eigenvalue weighted by molar-refractivity contribution is 7.15. The van der Waals surface area contributed by atoms with Crippen molar-refractivity contribution in [2.24, 2.45) is 0 Å². The van der Waals surface area contributed by atoms with Gasteiger partial charge >= 0.3 is 0 Å². The van der Waals surface area contributed by atoms with Gasteiger partial charge in [-0.15, -0.1) is 11.3 Å². The van der Waals surface area contributed by atoms with Crippen LogP contribution in [0.3, 0.4) is 0 Å². The van der Waals surface area contributed by atoms with Crippen molar-refractivity contribution in [3.8, 4) is 10.6 Å². The Morgan fingerprint density at radius 3 is 3.00 bits per heavy atom. The van der Waals surface area contributed by atoms with E-state index in [1.807, 2.05) is 12.3 Å². The van der Waals surface area contributed by atoms with Crippen LogP contribution in [0.4, 0.5) is 0 Å². The molecule has 0 spiro atoms. The molecule has 20 heavy (non-hydrogen) atoms. The van der Waals surface area contributed by atoms with Gasteiger partial charge in [0.25, 0.3) is 0 Å². The highest BCUT2D eigenvalue weighted by atomic mass is 32.1. The van der Waals surface area contributed by atoms with Crippen molar-refractivity contribution >= 4 is 22.2 Å². The summed E-state index contributed by atoms with van der Waals surface area (Å²) >= 11 is 1.77. The first-order valence-electron chi connectivity index (χ1n) is 6.80. The van der Waals surface area contributed by atoms with Crippen LogP contribution in [0.15, 0.2) is 36.5 Å². The molecule has 0 bridgehead atoms. The molecule has 0 aliphatic carbocycles. The van der Waals surface area contributed by atoms with Crippen LogP contribution in [0.2, 0.25) is 0 Å². The largest absolute Gasteiger partial charge is 0.312 e. The van der Waals surface area contributed by atoms with Crippen LogP contribution < -0.4 is 5.32 Å². The Kier molecular flexibility index (Phi) is 3.76.